The quantitative estimate of drug-likeness (QED) is 0.543. The number of hydrogen-bond donors (Lipinski definition) is 1. The lowest BCUT2D eigenvalue weighted by molar-refractivity contribution is 0.103. The van der Waals surface area contributed by atoms with Crippen LogP contribution in [0.5, 0.6) is 0 Å². The molecule has 1 heterocycles. The number of amides is 1. The number of benzene rings is 2. The Balaban J connectivity index is 1.94. The summed E-state index contributed by atoms with van der Waals surface area (Å²) in [5.41, 5.74) is 0.717. The van der Waals surface area contributed by atoms with Gasteiger partial charge in [-0.25, -0.2) is 0 Å². The molecule has 1 N–H and O–H groups in total. The molecule has 6 heteroatoms. The maximum Gasteiger partial charge on any atom is 0.267 e. The highest BCUT2D eigenvalue weighted by molar-refractivity contribution is 9.10. The van der Waals surface area contributed by atoms with Gasteiger partial charge in [-0.1, -0.05) is 45.2 Å². The van der Waals surface area contributed by atoms with Gasteiger partial charge in [-0.3, -0.25) is 4.79 Å². The van der Waals surface area contributed by atoms with Crippen LogP contribution in [-0.2, 0) is 0 Å². The van der Waals surface area contributed by atoms with Gasteiger partial charge in [0.05, 0.1) is 5.02 Å². The van der Waals surface area contributed by atoms with E-state index < -0.39 is 0 Å². The molecule has 1 amide bonds. The van der Waals surface area contributed by atoms with Crippen molar-refractivity contribution in [3.8, 4) is 0 Å². The van der Waals surface area contributed by atoms with Crippen molar-refractivity contribution >= 4 is 72.1 Å². The van der Waals surface area contributed by atoms with Gasteiger partial charge in [-0.2, -0.15) is 0 Å². The highest BCUT2D eigenvalue weighted by Crippen LogP contribution is 2.37. The van der Waals surface area contributed by atoms with Crippen molar-refractivity contribution in [1.82, 2.24) is 0 Å². The maximum absolute atomic E-state index is 12.3. The summed E-state index contributed by atoms with van der Waals surface area (Å²) in [6, 6.07) is 12.8. The molecule has 2 nitrogen and oxygen atoms in total. The lowest BCUT2D eigenvalue weighted by atomic mass is 10.2. The number of hydrogen-bond acceptors (Lipinski definition) is 2. The fraction of sp³-hybridized carbons (Fsp3) is 0. The second-order valence-electron chi connectivity index (χ2n) is 4.35. The van der Waals surface area contributed by atoms with Gasteiger partial charge in [0.1, 0.15) is 4.88 Å². The van der Waals surface area contributed by atoms with E-state index in [1.165, 1.54) is 11.3 Å². The van der Waals surface area contributed by atoms with Crippen LogP contribution in [0.3, 0.4) is 0 Å². The summed E-state index contributed by atoms with van der Waals surface area (Å²) in [6.07, 6.45) is 0. The zero-order valence-electron chi connectivity index (χ0n) is 10.5. The number of carbonyl (C=O) groups is 1. The summed E-state index contributed by atoms with van der Waals surface area (Å²) in [4.78, 5) is 12.8. The molecule has 0 saturated heterocycles. The average Bonchev–Trinajstić information content (AvgIpc) is 2.78. The second-order valence-corrected chi connectivity index (χ2v) is 7.13. The normalized spacial score (nSPS) is 10.8. The molecule has 0 radical (unpaired) electrons. The number of fused-ring (bicyclic) bond motifs is 1. The summed E-state index contributed by atoms with van der Waals surface area (Å²) in [7, 11) is 0. The van der Waals surface area contributed by atoms with Crippen molar-refractivity contribution in [2.45, 2.75) is 0 Å². The topological polar surface area (TPSA) is 29.1 Å². The summed E-state index contributed by atoms with van der Waals surface area (Å²) in [5, 5.41) is 4.76. The number of carbonyl (C=O) groups excluding carboxylic acids is 1. The molecule has 0 saturated carbocycles. The van der Waals surface area contributed by atoms with Gasteiger partial charge < -0.3 is 5.32 Å². The molecule has 106 valence electrons. The molecular formula is C15H8BrCl2NOS. The minimum atomic E-state index is -0.223. The molecule has 3 aromatic rings. The van der Waals surface area contributed by atoms with Crippen LogP contribution >= 0.6 is 50.5 Å². The number of thiophene rings is 1. The van der Waals surface area contributed by atoms with Crippen LogP contribution in [0.25, 0.3) is 10.1 Å². The molecule has 0 aliphatic heterocycles. The summed E-state index contributed by atoms with van der Waals surface area (Å²) in [6.45, 7) is 0. The van der Waals surface area contributed by atoms with Crippen molar-refractivity contribution in [3.05, 3.63) is 61.9 Å². The number of rotatable bonds is 2. The fourth-order valence-electron chi connectivity index (χ4n) is 1.91. The Labute approximate surface area is 143 Å². The SMILES string of the molecule is O=C(Nc1ccc(Br)cc1)c1sc2cc(Cl)ccc2c1Cl. The summed E-state index contributed by atoms with van der Waals surface area (Å²) < 4.78 is 1.85. The molecule has 0 aliphatic carbocycles. The van der Waals surface area contributed by atoms with E-state index in [1.54, 1.807) is 6.07 Å². The first-order valence-electron chi connectivity index (χ1n) is 5.99. The van der Waals surface area contributed by atoms with Crippen molar-refractivity contribution in [2.24, 2.45) is 0 Å². The van der Waals surface area contributed by atoms with E-state index in [0.717, 1.165) is 20.2 Å². The van der Waals surface area contributed by atoms with Gasteiger partial charge in [-0.15, -0.1) is 11.3 Å². The molecule has 0 unspecified atom stereocenters. The van der Waals surface area contributed by atoms with Gasteiger partial charge in [0, 0.05) is 25.3 Å². The zero-order chi connectivity index (χ0) is 15.0. The molecule has 3 rings (SSSR count). The Bertz CT molecular complexity index is 830. The van der Waals surface area contributed by atoms with Crippen molar-refractivity contribution in [2.75, 3.05) is 5.32 Å². The van der Waals surface area contributed by atoms with Crippen LogP contribution in [0.15, 0.2) is 46.9 Å². The van der Waals surface area contributed by atoms with Gasteiger partial charge >= 0.3 is 0 Å². The first-order valence-corrected chi connectivity index (χ1v) is 8.35. The summed E-state index contributed by atoms with van der Waals surface area (Å²) in [5.74, 6) is -0.223. The Morgan fingerprint density at radius 2 is 1.81 bits per heavy atom. The van der Waals surface area contributed by atoms with Crippen LogP contribution in [0.1, 0.15) is 9.67 Å². The third-order valence-electron chi connectivity index (χ3n) is 2.90. The fourth-order valence-corrected chi connectivity index (χ4v) is 3.86. The van der Waals surface area contributed by atoms with Crippen LogP contribution in [0, 0.1) is 0 Å². The van der Waals surface area contributed by atoms with Crippen LogP contribution in [-0.4, -0.2) is 5.91 Å². The number of nitrogens with one attached hydrogen (secondary N) is 1. The smallest absolute Gasteiger partial charge is 0.267 e. The lowest BCUT2D eigenvalue weighted by Gasteiger charge is -2.03. The number of anilines is 1. The van der Waals surface area contributed by atoms with E-state index in [-0.39, 0.29) is 5.91 Å². The van der Waals surface area contributed by atoms with Crippen LogP contribution < -0.4 is 5.32 Å². The molecule has 0 aliphatic rings. The molecule has 1 aromatic heterocycles. The molecular weight excluding hydrogens is 393 g/mol. The molecule has 0 spiro atoms. The van der Waals surface area contributed by atoms with Gasteiger partial charge in [0.2, 0.25) is 0 Å². The van der Waals surface area contributed by atoms with Crippen LogP contribution in [0.2, 0.25) is 10.0 Å². The third kappa shape index (κ3) is 3.09. The van der Waals surface area contributed by atoms with Crippen molar-refractivity contribution in [1.29, 1.82) is 0 Å². The molecule has 21 heavy (non-hydrogen) atoms. The third-order valence-corrected chi connectivity index (χ3v) is 5.32. The van der Waals surface area contributed by atoms with Gasteiger partial charge in [-0.05, 0) is 36.4 Å². The monoisotopic (exact) mass is 399 g/mol. The van der Waals surface area contributed by atoms with Crippen molar-refractivity contribution < 1.29 is 4.79 Å². The first kappa shape index (κ1) is 14.9. The Morgan fingerprint density at radius 3 is 2.52 bits per heavy atom. The number of halogens is 3. The zero-order valence-corrected chi connectivity index (χ0v) is 14.4. The molecule has 0 fully saturated rings. The van der Waals surface area contributed by atoms with Crippen LogP contribution in [0.4, 0.5) is 5.69 Å². The van der Waals surface area contributed by atoms with E-state index in [4.69, 9.17) is 23.2 Å². The van der Waals surface area contributed by atoms with E-state index in [9.17, 15) is 4.79 Å². The highest BCUT2D eigenvalue weighted by atomic mass is 79.9. The van der Waals surface area contributed by atoms with E-state index in [1.807, 2.05) is 36.4 Å². The predicted molar refractivity (Wildman–Crippen MR) is 93.9 cm³/mol. The minimum Gasteiger partial charge on any atom is -0.321 e. The Kier molecular flexibility index (Phi) is 4.22. The second kappa shape index (κ2) is 5.97. The van der Waals surface area contributed by atoms with E-state index >= 15 is 0 Å². The van der Waals surface area contributed by atoms with Gasteiger partial charge in [0.25, 0.3) is 5.91 Å². The molecule has 0 bridgehead atoms. The molecule has 2 aromatic carbocycles. The average molecular weight is 401 g/mol. The lowest BCUT2D eigenvalue weighted by Crippen LogP contribution is -2.10. The Morgan fingerprint density at radius 1 is 1.10 bits per heavy atom. The standard InChI is InChI=1S/C15H8BrCl2NOS/c16-8-1-4-10(5-2-8)19-15(20)14-13(18)11-6-3-9(17)7-12(11)21-14/h1-7H,(H,19,20). The molecule has 0 atom stereocenters. The largest absolute Gasteiger partial charge is 0.321 e. The highest BCUT2D eigenvalue weighted by Gasteiger charge is 2.17. The summed E-state index contributed by atoms with van der Waals surface area (Å²) >= 11 is 16.9. The van der Waals surface area contributed by atoms with Gasteiger partial charge in [0.15, 0.2) is 0 Å². The minimum absolute atomic E-state index is 0.223. The predicted octanol–water partition coefficient (Wildman–Crippen LogP) is 6.22. The first-order chi connectivity index (χ1) is 10.0. The van der Waals surface area contributed by atoms with E-state index in [2.05, 4.69) is 21.2 Å². The maximum atomic E-state index is 12.3. The Hall–Kier alpha value is -1.07. The van der Waals surface area contributed by atoms with Crippen molar-refractivity contribution in [3.63, 3.8) is 0 Å². The van der Waals surface area contributed by atoms with E-state index in [0.29, 0.717) is 14.9 Å².